The van der Waals surface area contributed by atoms with Gasteiger partial charge in [-0.15, -0.1) is 0 Å². The molecule has 134 valence electrons. The molecule has 1 aromatic heterocycles. The normalized spacial score (nSPS) is 13.0. The Morgan fingerprint density at radius 2 is 1.84 bits per heavy atom. The Bertz CT molecular complexity index is 706. The van der Waals surface area contributed by atoms with E-state index in [1.165, 1.54) is 6.26 Å². The minimum Gasteiger partial charge on any atom is -0.469 e. The molecule has 2 rings (SSSR count). The molecule has 2 amide bonds. The summed E-state index contributed by atoms with van der Waals surface area (Å²) in [5.74, 6) is -0.993. The fourth-order valence-corrected chi connectivity index (χ4v) is 2.23. The Kier molecular flexibility index (Phi) is 5.82. The molecule has 25 heavy (non-hydrogen) atoms. The summed E-state index contributed by atoms with van der Waals surface area (Å²) >= 11 is 0. The third-order valence-corrected chi connectivity index (χ3v) is 3.61. The number of hydrogen-bond acceptors (Lipinski definition) is 5. The molecule has 3 N–H and O–H groups in total. The SMILES string of the molecule is CN(C)c1ccc(NC(=O)C(=O)NC[C@@](C)(O)Cc2ccco2)cc1. The van der Waals surface area contributed by atoms with Crippen LogP contribution in [0.4, 0.5) is 11.4 Å². The number of carbonyl (C=O) groups excluding carboxylic acids is 2. The van der Waals surface area contributed by atoms with E-state index in [2.05, 4.69) is 10.6 Å². The number of nitrogens with one attached hydrogen (secondary N) is 2. The standard InChI is InChI=1S/C18H23N3O4/c1-18(24,11-15-5-4-10-25-15)12-19-16(22)17(23)20-13-6-8-14(9-7-13)21(2)3/h4-10,24H,11-12H2,1-3H3,(H,19,22)(H,20,23)/t18-/m0/s1. The Labute approximate surface area is 146 Å². The van der Waals surface area contributed by atoms with E-state index < -0.39 is 17.4 Å². The zero-order valence-electron chi connectivity index (χ0n) is 14.6. The Hall–Kier alpha value is -2.80. The van der Waals surface area contributed by atoms with Crippen LogP contribution in [0.5, 0.6) is 0 Å². The van der Waals surface area contributed by atoms with Crippen LogP contribution in [0.1, 0.15) is 12.7 Å². The fourth-order valence-electron chi connectivity index (χ4n) is 2.23. The lowest BCUT2D eigenvalue weighted by Gasteiger charge is -2.22. The van der Waals surface area contributed by atoms with Crippen LogP contribution in [0.3, 0.4) is 0 Å². The third kappa shape index (κ3) is 5.65. The van der Waals surface area contributed by atoms with Crippen molar-refractivity contribution in [3.63, 3.8) is 0 Å². The summed E-state index contributed by atoms with van der Waals surface area (Å²) in [7, 11) is 3.82. The number of anilines is 2. The van der Waals surface area contributed by atoms with Gasteiger partial charge in [0, 0.05) is 38.4 Å². The van der Waals surface area contributed by atoms with Gasteiger partial charge in [0.15, 0.2) is 0 Å². The molecule has 0 radical (unpaired) electrons. The van der Waals surface area contributed by atoms with E-state index in [9.17, 15) is 14.7 Å². The molecule has 0 aliphatic carbocycles. The zero-order chi connectivity index (χ0) is 18.4. The molecule has 0 bridgehead atoms. The highest BCUT2D eigenvalue weighted by Gasteiger charge is 2.25. The van der Waals surface area contributed by atoms with Gasteiger partial charge in [0.1, 0.15) is 5.76 Å². The van der Waals surface area contributed by atoms with Gasteiger partial charge in [0.25, 0.3) is 0 Å². The van der Waals surface area contributed by atoms with Crippen molar-refractivity contribution in [3.05, 3.63) is 48.4 Å². The summed E-state index contributed by atoms with van der Waals surface area (Å²) in [5, 5.41) is 15.2. The quantitative estimate of drug-likeness (QED) is 0.688. The van der Waals surface area contributed by atoms with Crippen LogP contribution in [-0.2, 0) is 16.0 Å². The summed E-state index contributed by atoms with van der Waals surface area (Å²) < 4.78 is 5.17. The molecule has 1 atom stereocenters. The van der Waals surface area contributed by atoms with E-state index in [1.807, 2.05) is 31.1 Å². The van der Waals surface area contributed by atoms with Crippen molar-refractivity contribution in [2.45, 2.75) is 18.9 Å². The first-order chi connectivity index (χ1) is 11.8. The van der Waals surface area contributed by atoms with E-state index in [-0.39, 0.29) is 13.0 Å². The first kappa shape index (κ1) is 18.5. The predicted octanol–water partition coefficient (Wildman–Crippen LogP) is 1.39. The predicted molar refractivity (Wildman–Crippen MR) is 95.4 cm³/mol. The van der Waals surface area contributed by atoms with Gasteiger partial charge in [0.2, 0.25) is 0 Å². The van der Waals surface area contributed by atoms with Crippen molar-refractivity contribution in [2.24, 2.45) is 0 Å². The topological polar surface area (TPSA) is 94.8 Å². The Balaban J connectivity index is 1.84. The van der Waals surface area contributed by atoms with Crippen LogP contribution >= 0.6 is 0 Å². The molecule has 7 nitrogen and oxygen atoms in total. The summed E-state index contributed by atoms with van der Waals surface area (Å²) in [6.07, 6.45) is 1.74. The van der Waals surface area contributed by atoms with E-state index in [0.717, 1.165) is 5.69 Å². The van der Waals surface area contributed by atoms with Crippen molar-refractivity contribution in [3.8, 4) is 0 Å². The largest absolute Gasteiger partial charge is 0.469 e. The Morgan fingerprint density at radius 1 is 1.16 bits per heavy atom. The van der Waals surface area contributed by atoms with Crippen LogP contribution in [0.2, 0.25) is 0 Å². The van der Waals surface area contributed by atoms with Crippen LogP contribution in [-0.4, -0.2) is 43.2 Å². The molecule has 0 fully saturated rings. The average molecular weight is 345 g/mol. The monoisotopic (exact) mass is 345 g/mol. The van der Waals surface area contributed by atoms with Crippen LogP contribution in [0.15, 0.2) is 47.1 Å². The zero-order valence-corrected chi connectivity index (χ0v) is 14.6. The van der Waals surface area contributed by atoms with Crippen molar-refractivity contribution < 1.29 is 19.1 Å². The molecule has 1 aromatic carbocycles. The molecule has 2 aromatic rings. The second kappa shape index (κ2) is 7.85. The highest BCUT2D eigenvalue weighted by molar-refractivity contribution is 6.39. The van der Waals surface area contributed by atoms with E-state index in [0.29, 0.717) is 11.4 Å². The number of amides is 2. The molecule has 0 unspecified atom stereocenters. The Morgan fingerprint density at radius 3 is 2.40 bits per heavy atom. The lowest BCUT2D eigenvalue weighted by Crippen LogP contribution is -2.45. The summed E-state index contributed by atoms with van der Waals surface area (Å²) in [4.78, 5) is 25.8. The smallest absolute Gasteiger partial charge is 0.313 e. The van der Waals surface area contributed by atoms with Gasteiger partial charge in [0.05, 0.1) is 11.9 Å². The van der Waals surface area contributed by atoms with Gasteiger partial charge < -0.3 is 25.1 Å². The van der Waals surface area contributed by atoms with E-state index in [4.69, 9.17) is 4.42 Å². The van der Waals surface area contributed by atoms with Gasteiger partial charge in [-0.25, -0.2) is 0 Å². The maximum atomic E-state index is 11.9. The molecule has 7 heteroatoms. The van der Waals surface area contributed by atoms with Crippen LogP contribution in [0.25, 0.3) is 0 Å². The number of rotatable bonds is 6. The van der Waals surface area contributed by atoms with Crippen molar-refractivity contribution >= 4 is 23.2 Å². The van der Waals surface area contributed by atoms with Gasteiger partial charge in [-0.05, 0) is 43.3 Å². The average Bonchev–Trinajstić information content (AvgIpc) is 3.05. The number of hydrogen-bond donors (Lipinski definition) is 3. The number of carbonyl (C=O) groups is 2. The highest BCUT2D eigenvalue weighted by atomic mass is 16.3. The molecular formula is C18H23N3O4. The lowest BCUT2D eigenvalue weighted by atomic mass is 10.0. The molecular weight excluding hydrogens is 322 g/mol. The van der Waals surface area contributed by atoms with Crippen molar-refractivity contribution in [2.75, 3.05) is 30.9 Å². The maximum absolute atomic E-state index is 11.9. The van der Waals surface area contributed by atoms with Gasteiger partial charge in [-0.2, -0.15) is 0 Å². The first-order valence-corrected chi connectivity index (χ1v) is 7.88. The highest BCUT2D eigenvalue weighted by Crippen LogP contribution is 2.16. The van der Waals surface area contributed by atoms with Gasteiger partial charge >= 0.3 is 11.8 Å². The molecule has 0 spiro atoms. The fraction of sp³-hybridized carbons (Fsp3) is 0.333. The summed E-state index contributed by atoms with van der Waals surface area (Å²) in [6.45, 7) is 1.49. The second-order valence-electron chi connectivity index (χ2n) is 6.33. The number of furan rings is 1. The van der Waals surface area contributed by atoms with Crippen molar-refractivity contribution in [1.82, 2.24) is 5.32 Å². The van der Waals surface area contributed by atoms with Gasteiger partial charge in [-0.3, -0.25) is 9.59 Å². The first-order valence-electron chi connectivity index (χ1n) is 7.88. The summed E-state index contributed by atoms with van der Waals surface area (Å²) in [5.41, 5.74) is 0.283. The minimum absolute atomic E-state index is 0.0699. The molecule has 0 aliphatic heterocycles. The number of benzene rings is 1. The maximum Gasteiger partial charge on any atom is 0.313 e. The van der Waals surface area contributed by atoms with Gasteiger partial charge in [-0.1, -0.05) is 0 Å². The molecule has 1 heterocycles. The number of nitrogens with zero attached hydrogens (tertiary/aromatic N) is 1. The van der Waals surface area contributed by atoms with E-state index in [1.54, 1.807) is 31.2 Å². The van der Waals surface area contributed by atoms with Crippen LogP contribution in [0, 0.1) is 0 Å². The third-order valence-electron chi connectivity index (χ3n) is 3.61. The van der Waals surface area contributed by atoms with E-state index >= 15 is 0 Å². The van der Waals surface area contributed by atoms with Crippen LogP contribution < -0.4 is 15.5 Å². The minimum atomic E-state index is -1.22. The second-order valence-corrected chi connectivity index (χ2v) is 6.33. The summed E-state index contributed by atoms with van der Waals surface area (Å²) in [6, 6.07) is 10.6. The molecule has 0 saturated carbocycles. The lowest BCUT2D eigenvalue weighted by molar-refractivity contribution is -0.136. The van der Waals surface area contributed by atoms with Crippen molar-refractivity contribution in [1.29, 1.82) is 0 Å². The molecule has 0 saturated heterocycles. The number of aliphatic hydroxyl groups is 1. The molecule has 0 aliphatic rings.